The van der Waals surface area contributed by atoms with Gasteiger partial charge in [0.1, 0.15) is 0 Å². The molecule has 17 heavy (non-hydrogen) atoms. The molecule has 1 aromatic carbocycles. The second-order valence-electron chi connectivity index (χ2n) is 5.01. The van der Waals surface area contributed by atoms with Crippen LogP contribution < -0.4 is 0 Å². The van der Waals surface area contributed by atoms with Gasteiger partial charge in [0, 0.05) is 5.33 Å². The van der Waals surface area contributed by atoms with Gasteiger partial charge >= 0.3 is 0 Å². The summed E-state index contributed by atoms with van der Waals surface area (Å²) in [4.78, 5) is 0.493. The highest BCUT2D eigenvalue weighted by atomic mass is 79.9. The van der Waals surface area contributed by atoms with Crippen molar-refractivity contribution in [3.05, 3.63) is 29.8 Å². The Bertz CT molecular complexity index is 498. The van der Waals surface area contributed by atoms with E-state index in [0.717, 1.165) is 30.2 Å². The Morgan fingerprint density at radius 2 is 1.94 bits per heavy atom. The molecule has 0 saturated heterocycles. The third-order valence-electron chi connectivity index (χ3n) is 3.62. The van der Waals surface area contributed by atoms with E-state index in [2.05, 4.69) is 15.9 Å². The molecule has 0 N–H and O–H groups in total. The van der Waals surface area contributed by atoms with Gasteiger partial charge in [0.15, 0.2) is 9.84 Å². The zero-order valence-electron chi connectivity index (χ0n) is 9.95. The van der Waals surface area contributed by atoms with E-state index in [1.165, 1.54) is 0 Å². The molecule has 1 aromatic rings. The molecule has 2 rings (SSSR count). The standard InChI is InChI=1S/C13H17BrO2S/c1-11-5-2-3-6-12(11)17(15,16)10-13(9-14)7-4-8-13/h2-3,5-6H,4,7-10H2,1H3. The maximum atomic E-state index is 12.4. The Kier molecular flexibility index (Phi) is 3.64. The Morgan fingerprint density at radius 3 is 2.41 bits per heavy atom. The maximum Gasteiger partial charge on any atom is 0.179 e. The number of sulfone groups is 1. The van der Waals surface area contributed by atoms with Crippen molar-refractivity contribution in [3.63, 3.8) is 0 Å². The highest BCUT2D eigenvalue weighted by Crippen LogP contribution is 2.44. The van der Waals surface area contributed by atoms with Crippen molar-refractivity contribution in [1.82, 2.24) is 0 Å². The molecule has 0 atom stereocenters. The Labute approximate surface area is 111 Å². The molecule has 0 aliphatic heterocycles. The second kappa shape index (κ2) is 4.73. The molecule has 0 spiro atoms. The summed E-state index contributed by atoms with van der Waals surface area (Å²) in [6.45, 7) is 1.86. The van der Waals surface area contributed by atoms with E-state index in [1.54, 1.807) is 12.1 Å². The molecule has 1 aliphatic carbocycles. The zero-order chi connectivity index (χ0) is 12.5. The van der Waals surface area contributed by atoms with E-state index >= 15 is 0 Å². The van der Waals surface area contributed by atoms with Crippen molar-refractivity contribution in [2.45, 2.75) is 31.1 Å². The van der Waals surface area contributed by atoms with Crippen LogP contribution in [0, 0.1) is 12.3 Å². The summed E-state index contributed by atoms with van der Waals surface area (Å²) in [6.07, 6.45) is 3.18. The third kappa shape index (κ3) is 2.58. The number of hydrogen-bond donors (Lipinski definition) is 0. The van der Waals surface area contributed by atoms with Gasteiger partial charge in [-0.1, -0.05) is 40.5 Å². The van der Waals surface area contributed by atoms with Crippen molar-refractivity contribution < 1.29 is 8.42 Å². The van der Waals surface area contributed by atoms with Crippen molar-refractivity contribution in [3.8, 4) is 0 Å². The highest BCUT2D eigenvalue weighted by Gasteiger charge is 2.40. The number of hydrogen-bond acceptors (Lipinski definition) is 2. The van der Waals surface area contributed by atoms with Gasteiger partial charge in [-0.25, -0.2) is 8.42 Å². The first kappa shape index (κ1) is 13.1. The first-order valence-corrected chi connectivity index (χ1v) is 8.61. The van der Waals surface area contributed by atoms with Crippen LogP contribution in [0.3, 0.4) is 0 Å². The Morgan fingerprint density at radius 1 is 1.29 bits per heavy atom. The summed E-state index contributed by atoms with van der Waals surface area (Å²) >= 11 is 3.46. The minimum atomic E-state index is -3.15. The predicted octanol–water partition coefficient (Wildman–Crippen LogP) is 3.33. The van der Waals surface area contributed by atoms with Gasteiger partial charge in [0.25, 0.3) is 0 Å². The summed E-state index contributed by atoms with van der Waals surface area (Å²) in [5.74, 6) is 0.274. The maximum absolute atomic E-state index is 12.4. The average Bonchev–Trinajstić information content (AvgIpc) is 2.24. The quantitative estimate of drug-likeness (QED) is 0.798. The lowest BCUT2D eigenvalue weighted by atomic mass is 9.72. The van der Waals surface area contributed by atoms with Crippen molar-refractivity contribution >= 4 is 25.8 Å². The topological polar surface area (TPSA) is 34.1 Å². The first-order chi connectivity index (χ1) is 7.99. The molecule has 1 aliphatic rings. The van der Waals surface area contributed by atoms with Crippen molar-refractivity contribution in [2.24, 2.45) is 5.41 Å². The van der Waals surface area contributed by atoms with E-state index < -0.39 is 9.84 Å². The van der Waals surface area contributed by atoms with Crippen LogP contribution in [0.2, 0.25) is 0 Å². The molecule has 0 aromatic heterocycles. The van der Waals surface area contributed by atoms with Gasteiger partial charge in [-0.2, -0.15) is 0 Å². The summed E-state index contributed by atoms with van der Waals surface area (Å²) in [5.41, 5.74) is 0.817. The molecular formula is C13H17BrO2S. The molecule has 0 bridgehead atoms. The lowest BCUT2D eigenvalue weighted by molar-refractivity contribution is 0.203. The lowest BCUT2D eigenvalue weighted by Gasteiger charge is -2.40. The monoisotopic (exact) mass is 316 g/mol. The zero-order valence-corrected chi connectivity index (χ0v) is 12.4. The fraction of sp³-hybridized carbons (Fsp3) is 0.538. The number of halogens is 1. The number of aryl methyl sites for hydroxylation is 1. The SMILES string of the molecule is Cc1ccccc1S(=O)(=O)CC1(CBr)CCC1. The smallest absolute Gasteiger partial charge is 0.179 e. The third-order valence-corrected chi connectivity index (χ3v) is 6.93. The molecule has 4 heteroatoms. The molecule has 0 heterocycles. The minimum Gasteiger partial charge on any atom is -0.224 e. The largest absolute Gasteiger partial charge is 0.224 e. The molecule has 1 saturated carbocycles. The van der Waals surface area contributed by atoms with E-state index in [0.29, 0.717) is 4.90 Å². The molecular weight excluding hydrogens is 300 g/mol. The van der Waals surface area contributed by atoms with E-state index in [-0.39, 0.29) is 11.2 Å². The van der Waals surface area contributed by atoms with Gasteiger partial charge in [-0.15, -0.1) is 0 Å². The molecule has 1 fully saturated rings. The van der Waals surface area contributed by atoms with E-state index in [4.69, 9.17) is 0 Å². The van der Waals surface area contributed by atoms with Crippen LogP contribution in [0.4, 0.5) is 0 Å². The van der Waals surface area contributed by atoms with Crippen molar-refractivity contribution in [2.75, 3.05) is 11.1 Å². The van der Waals surface area contributed by atoms with Crippen LogP contribution >= 0.6 is 15.9 Å². The molecule has 2 nitrogen and oxygen atoms in total. The summed E-state index contributed by atoms with van der Waals surface area (Å²) < 4.78 is 24.8. The van der Waals surface area contributed by atoms with Crippen molar-refractivity contribution in [1.29, 1.82) is 0 Å². The lowest BCUT2D eigenvalue weighted by Crippen LogP contribution is -2.38. The second-order valence-corrected chi connectivity index (χ2v) is 7.53. The number of rotatable bonds is 4. The Hall–Kier alpha value is -0.350. The summed E-state index contributed by atoms with van der Waals surface area (Å²) in [6, 6.07) is 7.24. The van der Waals surface area contributed by atoms with Gasteiger partial charge in [0.05, 0.1) is 10.6 Å². The normalized spacial score (nSPS) is 18.7. The van der Waals surface area contributed by atoms with Crippen LogP contribution in [0.5, 0.6) is 0 Å². The average molecular weight is 317 g/mol. The fourth-order valence-electron chi connectivity index (χ4n) is 2.38. The molecule has 0 radical (unpaired) electrons. The molecule has 0 amide bonds. The molecule has 94 valence electrons. The van der Waals surface area contributed by atoms with Gasteiger partial charge in [-0.3, -0.25) is 0 Å². The predicted molar refractivity (Wildman–Crippen MR) is 73.3 cm³/mol. The van der Waals surface area contributed by atoms with E-state index in [1.807, 2.05) is 19.1 Å². The Balaban J connectivity index is 2.29. The van der Waals surface area contributed by atoms with Gasteiger partial charge < -0.3 is 0 Å². The van der Waals surface area contributed by atoms with Crippen LogP contribution in [-0.2, 0) is 9.84 Å². The fourth-order valence-corrected chi connectivity index (χ4v) is 5.60. The van der Waals surface area contributed by atoms with Gasteiger partial charge in [-0.05, 0) is 36.8 Å². The number of alkyl halides is 1. The summed E-state index contributed by atoms with van der Waals surface area (Å²) in [7, 11) is -3.15. The van der Waals surface area contributed by atoms with Crippen LogP contribution in [0.15, 0.2) is 29.2 Å². The van der Waals surface area contributed by atoms with E-state index in [9.17, 15) is 8.42 Å². The van der Waals surface area contributed by atoms with Crippen LogP contribution in [-0.4, -0.2) is 19.5 Å². The highest BCUT2D eigenvalue weighted by molar-refractivity contribution is 9.09. The van der Waals surface area contributed by atoms with Crippen LogP contribution in [0.25, 0.3) is 0 Å². The number of benzene rings is 1. The minimum absolute atomic E-state index is 0.0267. The molecule has 0 unspecified atom stereocenters. The van der Waals surface area contributed by atoms with Gasteiger partial charge in [0.2, 0.25) is 0 Å². The first-order valence-electron chi connectivity index (χ1n) is 5.83. The van der Waals surface area contributed by atoms with Crippen LogP contribution in [0.1, 0.15) is 24.8 Å². The summed E-state index contributed by atoms with van der Waals surface area (Å²) in [5, 5.41) is 0.783.